The zero-order chi connectivity index (χ0) is 15.5. The number of rotatable bonds is 4. The fourth-order valence-corrected chi connectivity index (χ4v) is 2.80. The lowest BCUT2D eigenvalue weighted by atomic mass is 10.1. The summed E-state index contributed by atoms with van der Waals surface area (Å²) in [6.45, 7) is 1.91. The third kappa shape index (κ3) is 3.17. The summed E-state index contributed by atoms with van der Waals surface area (Å²) in [4.78, 5) is 36.5. The van der Waals surface area contributed by atoms with Gasteiger partial charge in [-0.1, -0.05) is 12.1 Å². The summed E-state index contributed by atoms with van der Waals surface area (Å²) in [7, 11) is 0. The van der Waals surface area contributed by atoms with E-state index in [1.54, 1.807) is 12.1 Å². The van der Waals surface area contributed by atoms with Crippen LogP contribution in [0.1, 0.15) is 24.8 Å². The van der Waals surface area contributed by atoms with Gasteiger partial charge in [-0.05, 0) is 30.7 Å². The number of hydrogen-bond donors (Lipinski definition) is 2. The van der Waals surface area contributed by atoms with Crippen molar-refractivity contribution < 1.29 is 14.4 Å². The molecule has 0 radical (unpaired) electrons. The molecule has 6 heteroatoms. The quantitative estimate of drug-likeness (QED) is 0.809. The maximum absolute atomic E-state index is 12.0. The number of nitrogens with zero attached hydrogens (tertiary/aromatic N) is 1. The lowest BCUT2D eigenvalue weighted by Crippen LogP contribution is -2.28. The molecule has 2 aliphatic rings. The Morgan fingerprint density at radius 3 is 2.45 bits per heavy atom. The Morgan fingerprint density at radius 1 is 1.18 bits per heavy atom. The summed E-state index contributed by atoms with van der Waals surface area (Å²) in [5, 5.41) is 6.06. The van der Waals surface area contributed by atoms with E-state index in [0.29, 0.717) is 19.4 Å². The van der Waals surface area contributed by atoms with Crippen molar-refractivity contribution in [3.8, 4) is 0 Å². The molecule has 0 aliphatic carbocycles. The Bertz CT molecular complexity index is 575. The first-order chi connectivity index (χ1) is 10.6. The van der Waals surface area contributed by atoms with Gasteiger partial charge in [-0.25, -0.2) is 0 Å². The highest BCUT2D eigenvalue weighted by molar-refractivity contribution is 6.01. The van der Waals surface area contributed by atoms with Gasteiger partial charge in [-0.3, -0.25) is 19.3 Å². The number of hydrogen-bond acceptors (Lipinski definition) is 4. The normalized spacial score (nSPS) is 21.5. The van der Waals surface area contributed by atoms with E-state index in [0.717, 1.165) is 30.8 Å². The van der Waals surface area contributed by atoms with Gasteiger partial charge in [0.15, 0.2) is 0 Å². The monoisotopic (exact) mass is 301 g/mol. The summed E-state index contributed by atoms with van der Waals surface area (Å²) >= 11 is 0. The Morgan fingerprint density at radius 2 is 1.86 bits per heavy atom. The van der Waals surface area contributed by atoms with Crippen LogP contribution < -0.4 is 10.6 Å². The number of amides is 3. The van der Waals surface area contributed by atoms with Crippen molar-refractivity contribution in [2.24, 2.45) is 5.92 Å². The standard InChI is InChI=1S/C16H19N3O3/c20-14-5-6-15(21)19(14)10-11-1-3-13(4-2-11)18-16(22)12-7-8-17-9-12/h1-4,12,17H,5-10H2,(H,18,22). The third-order valence-electron chi connectivity index (χ3n) is 4.15. The van der Waals surface area contributed by atoms with E-state index in [1.165, 1.54) is 4.90 Å². The van der Waals surface area contributed by atoms with Gasteiger partial charge in [0, 0.05) is 25.1 Å². The van der Waals surface area contributed by atoms with Crippen LogP contribution in [0.4, 0.5) is 5.69 Å². The molecule has 116 valence electrons. The molecule has 2 aliphatic heterocycles. The average molecular weight is 301 g/mol. The molecule has 2 fully saturated rings. The number of carbonyl (C=O) groups is 3. The van der Waals surface area contributed by atoms with Crippen LogP contribution in [-0.4, -0.2) is 35.7 Å². The minimum atomic E-state index is -0.115. The fourth-order valence-electron chi connectivity index (χ4n) is 2.80. The molecular weight excluding hydrogens is 282 g/mol. The zero-order valence-corrected chi connectivity index (χ0v) is 12.3. The maximum Gasteiger partial charge on any atom is 0.229 e. The second-order valence-corrected chi connectivity index (χ2v) is 5.75. The number of benzene rings is 1. The smallest absolute Gasteiger partial charge is 0.229 e. The van der Waals surface area contributed by atoms with E-state index in [1.807, 2.05) is 12.1 Å². The fraction of sp³-hybridized carbons (Fsp3) is 0.438. The molecular formula is C16H19N3O3. The largest absolute Gasteiger partial charge is 0.326 e. The predicted octanol–water partition coefficient (Wildman–Crippen LogP) is 0.884. The van der Waals surface area contributed by atoms with Crippen molar-refractivity contribution in [1.29, 1.82) is 0 Å². The summed E-state index contributed by atoms with van der Waals surface area (Å²) < 4.78 is 0. The van der Waals surface area contributed by atoms with Gasteiger partial charge in [0.1, 0.15) is 0 Å². The second kappa shape index (κ2) is 6.27. The second-order valence-electron chi connectivity index (χ2n) is 5.75. The van der Waals surface area contributed by atoms with Crippen molar-refractivity contribution in [1.82, 2.24) is 10.2 Å². The number of imide groups is 1. The van der Waals surface area contributed by atoms with E-state index in [2.05, 4.69) is 10.6 Å². The topological polar surface area (TPSA) is 78.5 Å². The van der Waals surface area contributed by atoms with Crippen molar-refractivity contribution >= 4 is 23.4 Å². The van der Waals surface area contributed by atoms with Crippen LogP contribution in [0.15, 0.2) is 24.3 Å². The molecule has 1 aromatic rings. The third-order valence-corrected chi connectivity index (χ3v) is 4.15. The van der Waals surface area contributed by atoms with Crippen LogP contribution >= 0.6 is 0 Å². The van der Waals surface area contributed by atoms with Crippen LogP contribution in [-0.2, 0) is 20.9 Å². The molecule has 22 heavy (non-hydrogen) atoms. The van der Waals surface area contributed by atoms with Gasteiger partial charge < -0.3 is 10.6 Å². The van der Waals surface area contributed by atoms with Crippen LogP contribution in [0.3, 0.4) is 0 Å². The lowest BCUT2D eigenvalue weighted by molar-refractivity contribution is -0.139. The van der Waals surface area contributed by atoms with E-state index in [9.17, 15) is 14.4 Å². The van der Waals surface area contributed by atoms with Gasteiger partial charge in [0.25, 0.3) is 0 Å². The van der Waals surface area contributed by atoms with Gasteiger partial charge in [-0.2, -0.15) is 0 Å². The number of likely N-dealkylation sites (tertiary alicyclic amines) is 1. The molecule has 1 unspecified atom stereocenters. The van der Waals surface area contributed by atoms with Crippen LogP contribution in [0.5, 0.6) is 0 Å². The van der Waals surface area contributed by atoms with Crippen molar-refractivity contribution in [2.75, 3.05) is 18.4 Å². The van der Waals surface area contributed by atoms with Crippen molar-refractivity contribution in [2.45, 2.75) is 25.8 Å². The Labute approximate surface area is 128 Å². The summed E-state index contributed by atoms with van der Waals surface area (Å²) in [6, 6.07) is 7.28. The van der Waals surface area contributed by atoms with E-state index in [-0.39, 0.29) is 23.6 Å². The molecule has 2 saturated heterocycles. The number of anilines is 1. The van der Waals surface area contributed by atoms with E-state index in [4.69, 9.17) is 0 Å². The molecule has 3 amide bonds. The van der Waals surface area contributed by atoms with E-state index < -0.39 is 0 Å². The molecule has 1 aromatic carbocycles. The van der Waals surface area contributed by atoms with Gasteiger partial charge in [0.05, 0.1) is 12.5 Å². The van der Waals surface area contributed by atoms with Crippen LogP contribution in [0, 0.1) is 5.92 Å². The van der Waals surface area contributed by atoms with E-state index >= 15 is 0 Å². The molecule has 0 aromatic heterocycles. The van der Waals surface area contributed by atoms with Gasteiger partial charge >= 0.3 is 0 Å². The highest BCUT2D eigenvalue weighted by Gasteiger charge is 2.28. The molecule has 1 atom stereocenters. The lowest BCUT2D eigenvalue weighted by Gasteiger charge is -2.14. The first-order valence-corrected chi connectivity index (χ1v) is 7.57. The first-order valence-electron chi connectivity index (χ1n) is 7.57. The highest BCUT2D eigenvalue weighted by atomic mass is 16.2. The summed E-state index contributed by atoms with van der Waals surface area (Å²) in [6.07, 6.45) is 1.48. The Hall–Kier alpha value is -2.21. The van der Waals surface area contributed by atoms with Crippen LogP contribution in [0.25, 0.3) is 0 Å². The predicted molar refractivity (Wildman–Crippen MR) is 80.8 cm³/mol. The van der Waals surface area contributed by atoms with Crippen LogP contribution in [0.2, 0.25) is 0 Å². The minimum Gasteiger partial charge on any atom is -0.326 e. The average Bonchev–Trinajstić information content (AvgIpc) is 3.15. The Kier molecular flexibility index (Phi) is 4.20. The maximum atomic E-state index is 12.0. The van der Waals surface area contributed by atoms with Gasteiger partial charge in [-0.15, -0.1) is 0 Å². The zero-order valence-electron chi connectivity index (χ0n) is 12.3. The highest BCUT2D eigenvalue weighted by Crippen LogP contribution is 2.18. The molecule has 3 rings (SSSR count). The molecule has 2 heterocycles. The summed E-state index contributed by atoms with van der Waals surface area (Å²) in [5.74, 6) is -0.172. The SMILES string of the molecule is O=C(Nc1ccc(CN2C(=O)CCC2=O)cc1)C1CCNC1. The first kappa shape index (κ1) is 14.7. The molecule has 0 saturated carbocycles. The molecule has 0 bridgehead atoms. The summed E-state index contributed by atoms with van der Waals surface area (Å²) in [5.41, 5.74) is 1.61. The van der Waals surface area contributed by atoms with Crippen molar-refractivity contribution in [3.05, 3.63) is 29.8 Å². The number of carbonyl (C=O) groups excluding carboxylic acids is 3. The minimum absolute atomic E-state index is 0.0273. The van der Waals surface area contributed by atoms with Crippen molar-refractivity contribution in [3.63, 3.8) is 0 Å². The Balaban J connectivity index is 1.59. The molecule has 6 nitrogen and oxygen atoms in total. The molecule has 0 spiro atoms. The van der Waals surface area contributed by atoms with Gasteiger partial charge in [0.2, 0.25) is 17.7 Å². The number of nitrogens with one attached hydrogen (secondary N) is 2. The molecule has 2 N–H and O–H groups in total.